The Kier molecular flexibility index (Phi) is 1.70. The molecule has 66 valence electrons. The van der Waals surface area contributed by atoms with Crippen LogP contribution in [0.1, 0.15) is 0 Å². The molecular weight excluding hydrogens is 171 g/mol. The van der Waals surface area contributed by atoms with Crippen LogP contribution >= 0.6 is 0 Å². The zero-order chi connectivity index (χ0) is 9.26. The summed E-state index contributed by atoms with van der Waals surface area (Å²) in [6.07, 6.45) is 3.08. The van der Waals surface area contributed by atoms with Crippen LogP contribution in [-0.4, -0.2) is 15.0 Å². The van der Waals surface area contributed by atoms with Gasteiger partial charge in [-0.3, -0.25) is 0 Å². The second-order valence-corrected chi connectivity index (χ2v) is 2.52. The normalized spacial score (nSPS) is 10.2. The predicted molar refractivity (Wildman–Crippen MR) is 45.7 cm³/mol. The van der Waals surface area contributed by atoms with Crippen molar-refractivity contribution in [3.63, 3.8) is 0 Å². The Morgan fingerprint density at radius 2 is 1.92 bits per heavy atom. The summed E-state index contributed by atoms with van der Waals surface area (Å²) in [6, 6.07) is 4.33. The third-order valence-corrected chi connectivity index (χ3v) is 1.63. The molecule has 0 aliphatic rings. The lowest BCUT2D eigenvalue weighted by atomic mass is 10.3. The van der Waals surface area contributed by atoms with E-state index in [0.29, 0.717) is 5.69 Å². The molecule has 0 atom stereocenters. The smallest absolute Gasteiger partial charge is 0.146 e. The van der Waals surface area contributed by atoms with E-state index in [1.54, 1.807) is 18.5 Å². The molecule has 0 amide bonds. The largest absolute Gasteiger partial charge is 0.396 e. The second-order valence-electron chi connectivity index (χ2n) is 2.52. The lowest BCUT2D eigenvalue weighted by Gasteiger charge is -2.00. The van der Waals surface area contributed by atoms with E-state index in [0.717, 1.165) is 0 Å². The van der Waals surface area contributed by atoms with Crippen LogP contribution in [0.5, 0.6) is 0 Å². The van der Waals surface area contributed by atoms with Crippen molar-refractivity contribution in [3.05, 3.63) is 36.4 Å². The van der Waals surface area contributed by atoms with Gasteiger partial charge in [0.2, 0.25) is 0 Å². The first-order valence-corrected chi connectivity index (χ1v) is 3.69. The highest BCUT2D eigenvalue weighted by Gasteiger charge is 2.01. The summed E-state index contributed by atoms with van der Waals surface area (Å²) in [4.78, 5) is 1.37. The molecule has 0 saturated carbocycles. The molecule has 1 aromatic heterocycles. The molecule has 5 heteroatoms. The molecule has 0 aliphatic carbocycles. The van der Waals surface area contributed by atoms with Gasteiger partial charge in [0.1, 0.15) is 5.82 Å². The van der Waals surface area contributed by atoms with E-state index in [9.17, 15) is 4.39 Å². The standard InChI is InChI=1S/C8H7FN4/c9-7-2-1-6(5-8(7)10)13-11-3-4-12-13/h1-5H,10H2. The van der Waals surface area contributed by atoms with Crippen LogP contribution in [0.3, 0.4) is 0 Å². The summed E-state index contributed by atoms with van der Waals surface area (Å²) in [5, 5.41) is 7.77. The number of halogens is 1. The third-order valence-electron chi connectivity index (χ3n) is 1.63. The van der Waals surface area contributed by atoms with Gasteiger partial charge in [0.25, 0.3) is 0 Å². The number of nitrogens with two attached hydrogens (primary N) is 1. The maximum absolute atomic E-state index is 12.8. The minimum atomic E-state index is -0.434. The molecule has 1 aromatic carbocycles. The van der Waals surface area contributed by atoms with Crippen molar-refractivity contribution in [2.45, 2.75) is 0 Å². The van der Waals surface area contributed by atoms with Gasteiger partial charge in [0.05, 0.1) is 23.8 Å². The summed E-state index contributed by atoms with van der Waals surface area (Å²) in [7, 11) is 0. The zero-order valence-corrected chi connectivity index (χ0v) is 6.68. The van der Waals surface area contributed by atoms with Gasteiger partial charge >= 0.3 is 0 Å². The topological polar surface area (TPSA) is 56.7 Å². The third kappa shape index (κ3) is 1.35. The number of aromatic nitrogens is 3. The first kappa shape index (κ1) is 7.72. The molecule has 2 N–H and O–H groups in total. The van der Waals surface area contributed by atoms with Gasteiger partial charge in [-0.1, -0.05) is 0 Å². The fourth-order valence-corrected chi connectivity index (χ4v) is 1.00. The van der Waals surface area contributed by atoms with E-state index in [-0.39, 0.29) is 5.69 Å². The van der Waals surface area contributed by atoms with E-state index >= 15 is 0 Å². The van der Waals surface area contributed by atoms with Crippen molar-refractivity contribution in [1.29, 1.82) is 0 Å². The molecule has 0 saturated heterocycles. The Labute approximate surface area is 73.8 Å². The van der Waals surface area contributed by atoms with Gasteiger partial charge in [-0.15, -0.1) is 0 Å². The summed E-state index contributed by atoms with van der Waals surface area (Å²) < 4.78 is 12.8. The first-order chi connectivity index (χ1) is 6.27. The van der Waals surface area contributed by atoms with Gasteiger partial charge in [-0.25, -0.2) is 4.39 Å². The van der Waals surface area contributed by atoms with E-state index in [2.05, 4.69) is 10.2 Å². The van der Waals surface area contributed by atoms with Crippen molar-refractivity contribution in [3.8, 4) is 5.69 Å². The van der Waals surface area contributed by atoms with Crippen LogP contribution < -0.4 is 5.73 Å². The van der Waals surface area contributed by atoms with Crippen molar-refractivity contribution in [2.75, 3.05) is 5.73 Å². The molecule has 13 heavy (non-hydrogen) atoms. The molecular formula is C8H7FN4. The van der Waals surface area contributed by atoms with Crippen LogP contribution in [0, 0.1) is 5.82 Å². The molecule has 0 fully saturated rings. The number of nitrogens with zero attached hydrogens (tertiary/aromatic N) is 3. The van der Waals surface area contributed by atoms with Gasteiger partial charge in [-0.05, 0) is 18.2 Å². The molecule has 0 bridgehead atoms. The highest BCUT2D eigenvalue weighted by Crippen LogP contribution is 2.13. The number of rotatable bonds is 1. The minimum Gasteiger partial charge on any atom is -0.396 e. The molecule has 0 unspecified atom stereocenters. The van der Waals surface area contributed by atoms with Crippen molar-refractivity contribution >= 4 is 5.69 Å². The number of anilines is 1. The Balaban J connectivity index is 2.49. The van der Waals surface area contributed by atoms with Gasteiger partial charge in [0.15, 0.2) is 0 Å². The summed E-state index contributed by atoms with van der Waals surface area (Å²) in [6.45, 7) is 0. The van der Waals surface area contributed by atoms with E-state index in [4.69, 9.17) is 5.73 Å². The van der Waals surface area contributed by atoms with Crippen molar-refractivity contribution < 1.29 is 4.39 Å². The lowest BCUT2D eigenvalue weighted by Crippen LogP contribution is -2.00. The number of benzene rings is 1. The Morgan fingerprint density at radius 3 is 2.54 bits per heavy atom. The maximum atomic E-state index is 12.8. The molecule has 2 rings (SSSR count). The van der Waals surface area contributed by atoms with Crippen LogP contribution in [0.2, 0.25) is 0 Å². The quantitative estimate of drug-likeness (QED) is 0.662. The van der Waals surface area contributed by atoms with Gasteiger partial charge in [0, 0.05) is 0 Å². The first-order valence-electron chi connectivity index (χ1n) is 3.69. The zero-order valence-electron chi connectivity index (χ0n) is 6.68. The highest BCUT2D eigenvalue weighted by atomic mass is 19.1. The Bertz CT molecular complexity index is 410. The lowest BCUT2D eigenvalue weighted by molar-refractivity contribution is 0.630. The van der Waals surface area contributed by atoms with Crippen LogP contribution in [0.4, 0.5) is 10.1 Å². The fraction of sp³-hybridized carbons (Fsp3) is 0. The summed E-state index contributed by atoms with van der Waals surface area (Å²) >= 11 is 0. The Hall–Kier alpha value is -1.91. The highest BCUT2D eigenvalue weighted by molar-refractivity contribution is 5.47. The van der Waals surface area contributed by atoms with Crippen LogP contribution in [-0.2, 0) is 0 Å². The van der Waals surface area contributed by atoms with Crippen molar-refractivity contribution in [2.24, 2.45) is 0 Å². The van der Waals surface area contributed by atoms with E-state index in [1.165, 1.54) is 16.9 Å². The summed E-state index contributed by atoms with van der Waals surface area (Å²) in [5.74, 6) is -0.434. The van der Waals surface area contributed by atoms with Gasteiger partial charge < -0.3 is 5.73 Å². The average molecular weight is 178 g/mol. The monoisotopic (exact) mass is 178 g/mol. The average Bonchev–Trinajstić information content (AvgIpc) is 2.62. The minimum absolute atomic E-state index is 0.0924. The van der Waals surface area contributed by atoms with E-state index in [1.807, 2.05) is 0 Å². The number of nitrogen functional groups attached to an aromatic ring is 1. The Morgan fingerprint density at radius 1 is 1.23 bits per heavy atom. The summed E-state index contributed by atoms with van der Waals surface area (Å²) in [5.41, 5.74) is 6.12. The number of hydrogen-bond donors (Lipinski definition) is 1. The fourth-order valence-electron chi connectivity index (χ4n) is 1.00. The SMILES string of the molecule is Nc1cc(-n2nccn2)ccc1F. The second kappa shape index (κ2) is 2.85. The maximum Gasteiger partial charge on any atom is 0.146 e. The molecule has 2 aromatic rings. The predicted octanol–water partition coefficient (Wildman–Crippen LogP) is 0.989. The molecule has 4 nitrogen and oxygen atoms in total. The van der Waals surface area contributed by atoms with Crippen LogP contribution in [0.25, 0.3) is 5.69 Å². The van der Waals surface area contributed by atoms with Crippen LogP contribution in [0.15, 0.2) is 30.6 Å². The van der Waals surface area contributed by atoms with E-state index < -0.39 is 5.82 Å². The van der Waals surface area contributed by atoms with Gasteiger partial charge in [-0.2, -0.15) is 15.0 Å². The molecule has 0 radical (unpaired) electrons. The molecule has 1 heterocycles. The number of hydrogen-bond acceptors (Lipinski definition) is 3. The molecule has 0 aliphatic heterocycles. The van der Waals surface area contributed by atoms with Crippen molar-refractivity contribution in [1.82, 2.24) is 15.0 Å². The molecule has 0 spiro atoms.